The van der Waals surface area contributed by atoms with Crippen molar-refractivity contribution in [3.8, 4) is 0 Å². The molecule has 0 amide bonds. The molecule has 1 aliphatic heterocycles. The summed E-state index contributed by atoms with van der Waals surface area (Å²) in [6, 6.07) is 10.2. The van der Waals surface area contributed by atoms with Gasteiger partial charge in [0, 0.05) is 17.1 Å². The zero-order valence-electron chi connectivity index (χ0n) is 8.33. The average Bonchev–Trinajstić information content (AvgIpc) is 2.76. The van der Waals surface area contributed by atoms with E-state index in [0.717, 1.165) is 12.2 Å². The van der Waals surface area contributed by atoms with Gasteiger partial charge in [0.2, 0.25) is 0 Å². The van der Waals surface area contributed by atoms with Crippen molar-refractivity contribution >= 4 is 11.8 Å². The van der Waals surface area contributed by atoms with Gasteiger partial charge in [-0.05, 0) is 12.1 Å². The van der Waals surface area contributed by atoms with Crippen LogP contribution >= 0.6 is 11.8 Å². The van der Waals surface area contributed by atoms with Gasteiger partial charge in [0.1, 0.15) is 12.2 Å². The Kier molecular flexibility index (Phi) is 4.02. The quantitative estimate of drug-likeness (QED) is 0.628. The monoisotopic (exact) mass is 226 g/mol. The van der Waals surface area contributed by atoms with E-state index in [1.165, 1.54) is 4.90 Å². The Morgan fingerprint density at radius 3 is 2.60 bits per heavy atom. The fraction of sp³-hybridized carbons (Fsp3) is 0.455. The third kappa shape index (κ3) is 3.21. The highest BCUT2D eigenvalue weighted by atomic mass is 32.2. The summed E-state index contributed by atoms with van der Waals surface area (Å²) in [6.45, 7) is 0.0342. The molecular weight excluding hydrogens is 212 g/mol. The maximum absolute atomic E-state index is 8.86. The number of thioether (sulfide) groups is 1. The standard InChI is InChI=1S/C11H14O3S/c12-7-9-6-10(14-13-9)8-15-11-4-2-1-3-5-11/h1-5,9-10,12H,6-8H2/t9-,10+/m0/s1. The Labute approximate surface area is 93.3 Å². The molecule has 0 radical (unpaired) electrons. The maximum atomic E-state index is 8.86. The van der Waals surface area contributed by atoms with Crippen molar-refractivity contribution in [1.82, 2.24) is 0 Å². The molecular formula is C11H14O3S. The summed E-state index contributed by atoms with van der Waals surface area (Å²) in [6.07, 6.45) is 0.717. The van der Waals surface area contributed by atoms with Crippen LogP contribution in [0.5, 0.6) is 0 Å². The van der Waals surface area contributed by atoms with Gasteiger partial charge in [0.05, 0.1) is 6.61 Å². The summed E-state index contributed by atoms with van der Waals surface area (Å²) in [5.41, 5.74) is 0. The molecule has 1 fully saturated rings. The van der Waals surface area contributed by atoms with Crippen molar-refractivity contribution in [2.45, 2.75) is 23.5 Å². The van der Waals surface area contributed by atoms with Crippen LogP contribution in [0, 0.1) is 0 Å². The first-order chi connectivity index (χ1) is 7.38. The van der Waals surface area contributed by atoms with Crippen molar-refractivity contribution in [2.75, 3.05) is 12.4 Å². The second-order valence-electron chi connectivity index (χ2n) is 3.48. The Morgan fingerprint density at radius 2 is 1.93 bits per heavy atom. The van der Waals surface area contributed by atoms with Crippen LogP contribution in [0.25, 0.3) is 0 Å². The number of hydrogen-bond acceptors (Lipinski definition) is 4. The molecule has 1 saturated heterocycles. The third-order valence-corrected chi connectivity index (χ3v) is 3.38. The molecule has 0 unspecified atom stereocenters. The molecule has 82 valence electrons. The first kappa shape index (κ1) is 11.0. The first-order valence-corrected chi connectivity index (χ1v) is 5.98. The number of aliphatic hydroxyl groups is 1. The SMILES string of the molecule is OC[C@@H]1C[C@H](CSc2ccccc2)OO1. The highest BCUT2D eigenvalue weighted by Gasteiger charge is 2.26. The van der Waals surface area contributed by atoms with Crippen molar-refractivity contribution in [3.05, 3.63) is 30.3 Å². The van der Waals surface area contributed by atoms with E-state index in [1.807, 2.05) is 18.2 Å². The summed E-state index contributed by atoms with van der Waals surface area (Å²) < 4.78 is 0. The van der Waals surface area contributed by atoms with Gasteiger partial charge in [-0.15, -0.1) is 11.8 Å². The normalized spacial score (nSPS) is 25.7. The molecule has 0 saturated carbocycles. The first-order valence-electron chi connectivity index (χ1n) is 4.99. The fourth-order valence-electron chi connectivity index (χ4n) is 1.44. The van der Waals surface area contributed by atoms with Gasteiger partial charge in [0.15, 0.2) is 0 Å². The number of hydrogen-bond donors (Lipinski definition) is 1. The zero-order chi connectivity index (χ0) is 10.5. The van der Waals surface area contributed by atoms with Gasteiger partial charge >= 0.3 is 0 Å². The molecule has 0 aliphatic carbocycles. The lowest BCUT2D eigenvalue weighted by Gasteiger charge is -2.05. The molecule has 2 rings (SSSR count). The molecule has 0 bridgehead atoms. The van der Waals surface area contributed by atoms with E-state index in [0.29, 0.717) is 0 Å². The minimum absolute atomic E-state index is 0.0342. The molecule has 1 heterocycles. The van der Waals surface area contributed by atoms with Crippen LogP contribution in [-0.4, -0.2) is 29.7 Å². The summed E-state index contributed by atoms with van der Waals surface area (Å²) in [5.74, 6) is 0.862. The molecule has 0 spiro atoms. The van der Waals surface area contributed by atoms with E-state index < -0.39 is 0 Å². The van der Waals surface area contributed by atoms with Gasteiger partial charge in [-0.3, -0.25) is 0 Å². The van der Waals surface area contributed by atoms with Crippen LogP contribution in [-0.2, 0) is 9.78 Å². The minimum Gasteiger partial charge on any atom is -0.394 e. The van der Waals surface area contributed by atoms with Crippen LogP contribution in [0.4, 0.5) is 0 Å². The zero-order valence-corrected chi connectivity index (χ0v) is 9.15. The van der Waals surface area contributed by atoms with Crippen molar-refractivity contribution in [2.24, 2.45) is 0 Å². The lowest BCUT2D eigenvalue weighted by atomic mass is 10.2. The second kappa shape index (κ2) is 5.51. The molecule has 1 aromatic carbocycles. The van der Waals surface area contributed by atoms with Crippen LogP contribution in [0.2, 0.25) is 0 Å². The number of benzene rings is 1. The molecule has 0 aromatic heterocycles. The van der Waals surface area contributed by atoms with E-state index in [4.69, 9.17) is 14.9 Å². The average molecular weight is 226 g/mol. The highest BCUT2D eigenvalue weighted by Crippen LogP contribution is 2.24. The van der Waals surface area contributed by atoms with Crippen molar-refractivity contribution in [3.63, 3.8) is 0 Å². The van der Waals surface area contributed by atoms with Crippen LogP contribution < -0.4 is 0 Å². The molecule has 2 atom stereocenters. The smallest absolute Gasteiger partial charge is 0.119 e. The predicted molar refractivity (Wildman–Crippen MR) is 58.6 cm³/mol. The van der Waals surface area contributed by atoms with E-state index >= 15 is 0 Å². The topological polar surface area (TPSA) is 38.7 Å². The van der Waals surface area contributed by atoms with Crippen molar-refractivity contribution < 1.29 is 14.9 Å². The van der Waals surface area contributed by atoms with Gasteiger partial charge in [-0.25, -0.2) is 9.78 Å². The van der Waals surface area contributed by atoms with Crippen molar-refractivity contribution in [1.29, 1.82) is 0 Å². The summed E-state index contributed by atoms with van der Waals surface area (Å²) in [4.78, 5) is 11.3. The Morgan fingerprint density at radius 1 is 1.20 bits per heavy atom. The predicted octanol–water partition coefficient (Wildman–Crippen LogP) is 1.86. The van der Waals surface area contributed by atoms with Crippen LogP contribution in [0.15, 0.2) is 35.2 Å². The van der Waals surface area contributed by atoms with E-state index in [-0.39, 0.29) is 18.8 Å². The molecule has 3 nitrogen and oxygen atoms in total. The van der Waals surface area contributed by atoms with Gasteiger partial charge in [-0.2, -0.15) is 0 Å². The molecule has 1 N–H and O–H groups in total. The largest absolute Gasteiger partial charge is 0.394 e. The third-order valence-electron chi connectivity index (χ3n) is 2.24. The van der Waals surface area contributed by atoms with E-state index in [1.54, 1.807) is 11.8 Å². The summed E-state index contributed by atoms with van der Waals surface area (Å²) >= 11 is 1.74. The molecule has 4 heteroatoms. The lowest BCUT2D eigenvalue weighted by Crippen LogP contribution is -2.12. The van der Waals surface area contributed by atoms with Gasteiger partial charge in [-0.1, -0.05) is 18.2 Å². The Hall–Kier alpha value is -0.550. The lowest BCUT2D eigenvalue weighted by molar-refractivity contribution is -0.296. The second-order valence-corrected chi connectivity index (χ2v) is 4.57. The van der Waals surface area contributed by atoms with E-state index in [2.05, 4.69) is 12.1 Å². The van der Waals surface area contributed by atoms with Gasteiger partial charge < -0.3 is 5.11 Å². The highest BCUT2D eigenvalue weighted by molar-refractivity contribution is 7.99. The molecule has 1 aromatic rings. The number of rotatable bonds is 4. The summed E-state index contributed by atoms with van der Waals surface area (Å²) in [5, 5.41) is 8.86. The van der Waals surface area contributed by atoms with Crippen LogP contribution in [0.3, 0.4) is 0 Å². The molecule has 15 heavy (non-hydrogen) atoms. The maximum Gasteiger partial charge on any atom is 0.119 e. The molecule has 1 aliphatic rings. The fourth-order valence-corrected chi connectivity index (χ4v) is 2.36. The Balaban J connectivity index is 1.75. The summed E-state index contributed by atoms with van der Waals surface area (Å²) in [7, 11) is 0. The van der Waals surface area contributed by atoms with Crippen LogP contribution in [0.1, 0.15) is 6.42 Å². The van der Waals surface area contributed by atoms with E-state index in [9.17, 15) is 0 Å². The number of aliphatic hydroxyl groups excluding tert-OH is 1. The van der Waals surface area contributed by atoms with Gasteiger partial charge in [0.25, 0.3) is 0 Å². The minimum atomic E-state index is -0.147. The Bertz CT molecular complexity index is 291.